The largest absolute Gasteiger partial charge is 0.496 e. The van der Waals surface area contributed by atoms with Crippen LogP contribution in [-0.2, 0) is 6.42 Å². The number of nitrogens with two attached hydrogens (primary N) is 1. The number of rotatable bonds is 5. The minimum atomic E-state index is -0.469. The van der Waals surface area contributed by atoms with Gasteiger partial charge in [0.25, 0.3) is 0 Å². The number of ether oxygens (including phenoxy) is 2. The van der Waals surface area contributed by atoms with Gasteiger partial charge in [-0.25, -0.2) is 4.39 Å². The first-order valence-corrected chi connectivity index (χ1v) is 4.89. The Balaban J connectivity index is 3.14. The summed E-state index contributed by atoms with van der Waals surface area (Å²) in [4.78, 5) is 0. The van der Waals surface area contributed by atoms with Crippen molar-refractivity contribution >= 4 is 0 Å². The van der Waals surface area contributed by atoms with E-state index >= 15 is 0 Å². The molecule has 0 spiro atoms. The number of aliphatic hydroxyl groups excluding tert-OH is 1. The number of benzene rings is 1. The van der Waals surface area contributed by atoms with Crippen LogP contribution in [0.3, 0.4) is 0 Å². The minimum Gasteiger partial charge on any atom is -0.496 e. The number of halogens is 1. The fourth-order valence-corrected chi connectivity index (χ4v) is 1.51. The summed E-state index contributed by atoms with van der Waals surface area (Å²) in [7, 11) is 2.87. The fourth-order valence-electron chi connectivity index (χ4n) is 1.51. The molecule has 1 unspecified atom stereocenters. The van der Waals surface area contributed by atoms with Crippen molar-refractivity contribution in [3.8, 4) is 11.5 Å². The molecular formula is C11H16FNO3. The lowest BCUT2D eigenvalue weighted by Crippen LogP contribution is -2.27. The standard InChI is InChI=1S/C11H16FNO3/c1-15-10-4-3-9(12)11(16-2)8(10)5-7(13)6-14/h3-4,7,14H,5-6,13H2,1-2H3. The van der Waals surface area contributed by atoms with Crippen LogP contribution in [0.15, 0.2) is 12.1 Å². The third-order valence-corrected chi connectivity index (χ3v) is 2.29. The number of methoxy groups -OCH3 is 2. The maximum absolute atomic E-state index is 13.4. The Labute approximate surface area is 93.8 Å². The Bertz CT molecular complexity index is 357. The Morgan fingerprint density at radius 2 is 2.06 bits per heavy atom. The second kappa shape index (κ2) is 5.67. The summed E-state index contributed by atoms with van der Waals surface area (Å²) in [6, 6.07) is 2.31. The first-order chi connectivity index (χ1) is 7.63. The lowest BCUT2D eigenvalue weighted by Gasteiger charge is -2.16. The SMILES string of the molecule is COc1ccc(F)c(OC)c1CC(N)CO. The molecule has 0 saturated carbocycles. The summed E-state index contributed by atoms with van der Waals surface area (Å²) >= 11 is 0. The van der Waals surface area contributed by atoms with E-state index in [9.17, 15) is 4.39 Å². The van der Waals surface area contributed by atoms with E-state index < -0.39 is 11.9 Å². The fraction of sp³-hybridized carbons (Fsp3) is 0.455. The predicted molar refractivity (Wildman–Crippen MR) is 58.3 cm³/mol. The zero-order valence-corrected chi connectivity index (χ0v) is 9.37. The molecule has 0 fully saturated rings. The van der Waals surface area contributed by atoms with Crippen LogP contribution in [0.25, 0.3) is 0 Å². The summed E-state index contributed by atoms with van der Waals surface area (Å²) in [6.07, 6.45) is 0.292. The van der Waals surface area contributed by atoms with Gasteiger partial charge in [0, 0.05) is 11.6 Å². The molecule has 0 heterocycles. The molecule has 0 saturated heterocycles. The normalized spacial score (nSPS) is 12.3. The third-order valence-electron chi connectivity index (χ3n) is 2.29. The van der Waals surface area contributed by atoms with E-state index in [1.165, 1.54) is 26.4 Å². The molecule has 0 aromatic heterocycles. The number of hydrogen-bond acceptors (Lipinski definition) is 4. The van der Waals surface area contributed by atoms with Gasteiger partial charge in [-0.05, 0) is 18.6 Å². The zero-order valence-electron chi connectivity index (χ0n) is 9.37. The van der Waals surface area contributed by atoms with E-state index in [2.05, 4.69) is 0 Å². The second-order valence-corrected chi connectivity index (χ2v) is 3.41. The highest BCUT2D eigenvalue weighted by Crippen LogP contribution is 2.31. The van der Waals surface area contributed by atoms with Gasteiger partial charge in [-0.15, -0.1) is 0 Å². The molecule has 1 aromatic carbocycles. The molecule has 1 aromatic rings. The van der Waals surface area contributed by atoms with Crippen LogP contribution in [0.2, 0.25) is 0 Å². The van der Waals surface area contributed by atoms with Crippen LogP contribution in [0.5, 0.6) is 11.5 Å². The first kappa shape index (κ1) is 12.7. The quantitative estimate of drug-likeness (QED) is 0.780. The van der Waals surface area contributed by atoms with Crippen molar-refractivity contribution < 1.29 is 19.0 Å². The lowest BCUT2D eigenvalue weighted by atomic mass is 10.0. The van der Waals surface area contributed by atoms with E-state index in [1.54, 1.807) is 0 Å². The lowest BCUT2D eigenvalue weighted by molar-refractivity contribution is 0.262. The third kappa shape index (κ3) is 2.62. The average Bonchev–Trinajstić information content (AvgIpc) is 2.29. The number of hydrogen-bond donors (Lipinski definition) is 2. The van der Waals surface area contributed by atoms with E-state index in [1.807, 2.05) is 0 Å². The van der Waals surface area contributed by atoms with Gasteiger partial charge in [-0.2, -0.15) is 0 Å². The summed E-state index contributed by atoms with van der Waals surface area (Å²) in [5, 5.41) is 8.89. The van der Waals surface area contributed by atoms with Crippen LogP contribution >= 0.6 is 0 Å². The van der Waals surface area contributed by atoms with Crippen LogP contribution in [-0.4, -0.2) is 32.0 Å². The van der Waals surface area contributed by atoms with Gasteiger partial charge >= 0.3 is 0 Å². The minimum absolute atomic E-state index is 0.114. The van der Waals surface area contributed by atoms with E-state index in [0.717, 1.165) is 0 Å². The molecular weight excluding hydrogens is 213 g/mol. The molecule has 90 valence electrons. The van der Waals surface area contributed by atoms with Crippen molar-refractivity contribution in [1.29, 1.82) is 0 Å². The maximum atomic E-state index is 13.4. The molecule has 1 rings (SSSR count). The molecule has 0 bridgehead atoms. The van der Waals surface area contributed by atoms with Crippen molar-refractivity contribution in [2.24, 2.45) is 5.73 Å². The first-order valence-electron chi connectivity index (χ1n) is 4.89. The highest BCUT2D eigenvalue weighted by molar-refractivity contribution is 5.46. The van der Waals surface area contributed by atoms with Crippen LogP contribution in [0.1, 0.15) is 5.56 Å². The summed E-state index contributed by atoms with van der Waals surface area (Å²) in [5.74, 6) is 0.147. The smallest absolute Gasteiger partial charge is 0.165 e. The molecule has 3 N–H and O–H groups in total. The van der Waals surface area contributed by atoms with Crippen LogP contribution < -0.4 is 15.2 Å². The van der Waals surface area contributed by atoms with Crippen molar-refractivity contribution in [2.45, 2.75) is 12.5 Å². The molecule has 0 amide bonds. The van der Waals surface area contributed by atoms with Gasteiger partial charge in [-0.3, -0.25) is 0 Å². The average molecular weight is 229 g/mol. The van der Waals surface area contributed by atoms with E-state index in [-0.39, 0.29) is 12.4 Å². The van der Waals surface area contributed by atoms with Crippen molar-refractivity contribution in [3.05, 3.63) is 23.5 Å². The van der Waals surface area contributed by atoms with Crippen molar-refractivity contribution in [1.82, 2.24) is 0 Å². The van der Waals surface area contributed by atoms with Crippen molar-refractivity contribution in [3.63, 3.8) is 0 Å². The molecule has 0 aliphatic carbocycles. The molecule has 0 radical (unpaired) electrons. The van der Waals surface area contributed by atoms with Gasteiger partial charge in [-0.1, -0.05) is 0 Å². The van der Waals surface area contributed by atoms with Crippen molar-refractivity contribution in [2.75, 3.05) is 20.8 Å². The van der Waals surface area contributed by atoms with Gasteiger partial charge in [0.05, 0.1) is 20.8 Å². The molecule has 16 heavy (non-hydrogen) atoms. The maximum Gasteiger partial charge on any atom is 0.165 e. The van der Waals surface area contributed by atoms with E-state index in [0.29, 0.717) is 17.7 Å². The summed E-state index contributed by atoms with van der Waals surface area (Å²) < 4.78 is 23.5. The predicted octanol–water partition coefficient (Wildman–Crippen LogP) is 0.705. The van der Waals surface area contributed by atoms with Gasteiger partial charge < -0.3 is 20.3 Å². The zero-order chi connectivity index (χ0) is 12.1. The topological polar surface area (TPSA) is 64.7 Å². The molecule has 0 aliphatic heterocycles. The highest BCUT2D eigenvalue weighted by atomic mass is 19.1. The van der Waals surface area contributed by atoms with E-state index in [4.69, 9.17) is 20.3 Å². The van der Waals surface area contributed by atoms with Gasteiger partial charge in [0.15, 0.2) is 11.6 Å². The molecule has 4 nitrogen and oxygen atoms in total. The van der Waals surface area contributed by atoms with Crippen LogP contribution in [0.4, 0.5) is 4.39 Å². The highest BCUT2D eigenvalue weighted by Gasteiger charge is 2.17. The Kier molecular flexibility index (Phi) is 4.52. The Morgan fingerprint density at radius 1 is 1.38 bits per heavy atom. The van der Waals surface area contributed by atoms with Crippen LogP contribution in [0, 0.1) is 5.82 Å². The summed E-state index contributed by atoms with van der Waals surface area (Å²) in [5.41, 5.74) is 6.15. The van der Waals surface area contributed by atoms with Gasteiger partial charge in [0.1, 0.15) is 5.75 Å². The second-order valence-electron chi connectivity index (χ2n) is 3.41. The Morgan fingerprint density at radius 3 is 2.56 bits per heavy atom. The monoisotopic (exact) mass is 229 g/mol. The number of aliphatic hydroxyl groups is 1. The molecule has 0 aliphatic rings. The molecule has 5 heteroatoms. The summed E-state index contributed by atoms with van der Waals surface area (Å²) in [6.45, 7) is -0.178. The molecule has 1 atom stereocenters. The Hall–Kier alpha value is -1.33. The van der Waals surface area contributed by atoms with Gasteiger partial charge in [0.2, 0.25) is 0 Å².